The van der Waals surface area contributed by atoms with Crippen molar-refractivity contribution in [1.29, 1.82) is 0 Å². The van der Waals surface area contributed by atoms with Crippen LogP contribution >= 0.6 is 50.6 Å². The Kier molecular flexibility index (Phi) is 4.02. The molecule has 0 radical (unpaired) electrons. The van der Waals surface area contributed by atoms with E-state index in [1.807, 2.05) is 24.3 Å². The van der Waals surface area contributed by atoms with Crippen LogP contribution in [0.3, 0.4) is 0 Å². The van der Waals surface area contributed by atoms with E-state index in [9.17, 15) is 0 Å². The normalized spacial score (nSPS) is 10.5. The molecule has 0 amide bonds. The van der Waals surface area contributed by atoms with E-state index in [-0.39, 0.29) is 0 Å². The third-order valence-corrected chi connectivity index (χ3v) is 4.60. The molecule has 2 rings (SSSR count). The Morgan fingerprint density at radius 2 is 2.13 bits per heavy atom. The summed E-state index contributed by atoms with van der Waals surface area (Å²) in [4.78, 5) is 0. The molecule has 0 aliphatic carbocycles. The van der Waals surface area contributed by atoms with Crippen molar-refractivity contribution in [2.24, 2.45) is 0 Å². The minimum absolute atomic E-state index is 0.800. The molecule has 0 saturated heterocycles. The van der Waals surface area contributed by atoms with Crippen molar-refractivity contribution in [3.63, 3.8) is 0 Å². The number of aromatic nitrogens is 2. The zero-order chi connectivity index (χ0) is 10.7. The lowest BCUT2D eigenvalue weighted by Crippen LogP contribution is -1.81. The minimum Gasteiger partial charge on any atom is -0.131 e. The quantitative estimate of drug-likeness (QED) is 0.791. The number of benzene rings is 1. The van der Waals surface area contributed by atoms with Crippen LogP contribution in [0.4, 0.5) is 0 Å². The van der Waals surface area contributed by atoms with E-state index in [2.05, 4.69) is 26.1 Å². The van der Waals surface area contributed by atoms with Gasteiger partial charge in [0.1, 0.15) is 0 Å². The molecule has 78 valence electrons. The van der Waals surface area contributed by atoms with E-state index >= 15 is 0 Å². The van der Waals surface area contributed by atoms with Gasteiger partial charge < -0.3 is 0 Å². The summed E-state index contributed by atoms with van der Waals surface area (Å²) in [6.07, 6.45) is 0. The lowest BCUT2D eigenvalue weighted by molar-refractivity contribution is 0.997. The van der Waals surface area contributed by atoms with Crippen molar-refractivity contribution in [3.8, 4) is 0 Å². The largest absolute Gasteiger partial charge is 0.184 e. The van der Waals surface area contributed by atoms with Gasteiger partial charge in [-0.3, -0.25) is 0 Å². The number of thioether (sulfide) groups is 1. The highest BCUT2D eigenvalue weighted by Crippen LogP contribution is 2.30. The van der Waals surface area contributed by atoms with Crippen LogP contribution < -0.4 is 0 Å². The molecule has 0 atom stereocenters. The van der Waals surface area contributed by atoms with Gasteiger partial charge in [0.15, 0.2) is 8.26 Å². The van der Waals surface area contributed by atoms with Crippen LogP contribution in [-0.2, 0) is 5.75 Å². The second kappa shape index (κ2) is 5.30. The van der Waals surface area contributed by atoms with Gasteiger partial charge in [0.05, 0.1) is 0 Å². The number of hydrogen-bond acceptors (Lipinski definition) is 4. The van der Waals surface area contributed by atoms with Gasteiger partial charge in [-0.2, -0.15) is 0 Å². The molecule has 15 heavy (non-hydrogen) atoms. The second-order valence-corrected chi connectivity index (χ2v) is 6.58. The van der Waals surface area contributed by atoms with Crippen molar-refractivity contribution >= 4 is 50.6 Å². The van der Waals surface area contributed by atoms with Crippen LogP contribution in [0, 0.1) is 0 Å². The van der Waals surface area contributed by atoms with Crippen LogP contribution in [0.5, 0.6) is 0 Å². The number of hydrogen-bond donors (Lipinski definition) is 0. The number of halogens is 2. The highest BCUT2D eigenvalue weighted by Gasteiger charge is 2.04. The standard InChI is InChI=1S/C9H6BrClN2S2/c10-8-12-13-9(15-8)14-5-6-3-1-2-4-7(6)11/h1-4H,5H2. The van der Waals surface area contributed by atoms with Gasteiger partial charge in [-0.25, -0.2) is 0 Å². The first kappa shape index (κ1) is 11.4. The van der Waals surface area contributed by atoms with Gasteiger partial charge >= 0.3 is 0 Å². The Hall–Kier alpha value is -0.100. The molecule has 6 heteroatoms. The minimum atomic E-state index is 0.800. The second-order valence-electron chi connectivity index (χ2n) is 2.70. The van der Waals surface area contributed by atoms with Gasteiger partial charge in [-0.1, -0.05) is 52.9 Å². The monoisotopic (exact) mass is 320 g/mol. The van der Waals surface area contributed by atoms with Gasteiger partial charge in [-0.15, -0.1) is 10.2 Å². The molecular weight excluding hydrogens is 316 g/mol. The molecule has 2 nitrogen and oxygen atoms in total. The molecule has 0 fully saturated rings. The van der Waals surface area contributed by atoms with Crippen LogP contribution in [0.1, 0.15) is 5.56 Å². The van der Waals surface area contributed by atoms with E-state index in [0.29, 0.717) is 0 Å². The summed E-state index contributed by atoms with van der Waals surface area (Å²) in [5, 5.41) is 8.68. The third-order valence-electron chi connectivity index (χ3n) is 1.69. The topological polar surface area (TPSA) is 25.8 Å². The average Bonchev–Trinajstić information content (AvgIpc) is 2.63. The lowest BCUT2D eigenvalue weighted by Gasteiger charge is -2.00. The smallest absolute Gasteiger partial charge is 0.131 e. The molecule has 1 heterocycles. The number of rotatable bonds is 3. The maximum Gasteiger partial charge on any atom is 0.184 e. The molecule has 0 saturated carbocycles. The molecule has 0 aliphatic heterocycles. The van der Waals surface area contributed by atoms with E-state index in [0.717, 1.165) is 24.6 Å². The molecule has 2 aromatic rings. The van der Waals surface area contributed by atoms with Crippen LogP contribution in [0.2, 0.25) is 5.02 Å². The summed E-state index contributed by atoms with van der Waals surface area (Å²) >= 11 is 12.5. The predicted octanol–water partition coefficient (Wildman–Crippen LogP) is 4.25. The molecule has 0 unspecified atom stereocenters. The predicted molar refractivity (Wildman–Crippen MR) is 68.6 cm³/mol. The van der Waals surface area contributed by atoms with Crippen molar-refractivity contribution in [1.82, 2.24) is 10.2 Å². The van der Waals surface area contributed by atoms with E-state index in [1.54, 1.807) is 11.8 Å². The first-order valence-corrected chi connectivity index (χ1v) is 7.08. The van der Waals surface area contributed by atoms with Gasteiger partial charge in [0.25, 0.3) is 0 Å². The SMILES string of the molecule is Clc1ccccc1CSc1nnc(Br)s1. The summed E-state index contributed by atoms with van der Waals surface area (Å²) < 4.78 is 1.76. The van der Waals surface area contributed by atoms with E-state index < -0.39 is 0 Å². The fourth-order valence-electron chi connectivity index (χ4n) is 1.01. The molecule has 0 bridgehead atoms. The van der Waals surface area contributed by atoms with Gasteiger partial charge in [-0.05, 0) is 27.6 Å². The summed E-state index contributed by atoms with van der Waals surface area (Å²) in [6.45, 7) is 0. The molecular formula is C9H6BrClN2S2. The maximum absolute atomic E-state index is 6.04. The molecule has 0 spiro atoms. The van der Waals surface area contributed by atoms with Crippen LogP contribution in [0.25, 0.3) is 0 Å². The highest BCUT2D eigenvalue weighted by atomic mass is 79.9. The third kappa shape index (κ3) is 3.17. The Morgan fingerprint density at radius 1 is 1.33 bits per heavy atom. The average molecular weight is 322 g/mol. The zero-order valence-corrected chi connectivity index (χ0v) is 11.5. The van der Waals surface area contributed by atoms with Crippen molar-refractivity contribution < 1.29 is 0 Å². The molecule has 1 aromatic carbocycles. The zero-order valence-electron chi connectivity index (χ0n) is 7.48. The molecule has 0 N–H and O–H groups in total. The summed E-state index contributed by atoms with van der Waals surface area (Å²) in [5.74, 6) is 0.821. The fourth-order valence-corrected chi connectivity index (χ4v) is 3.73. The van der Waals surface area contributed by atoms with Crippen molar-refractivity contribution in [2.45, 2.75) is 10.1 Å². The summed E-state index contributed by atoms with van der Waals surface area (Å²) in [5.41, 5.74) is 1.12. The summed E-state index contributed by atoms with van der Waals surface area (Å²) in [7, 11) is 0. The Bertz CT molecular complexity index is 461. The Balaban J connectivity index is 2.02. The van der Waals surface area contributed by atoms with Crippen LogP contribution in [-0.4, -0.2) is 10.2 Å². The van der Waals surface area contributed by atoms with Crippen molar-refractivity contribution in [3.05, 3.63) is 38.8 Å². The number of nitrogens with zero attached hydrogens (tertiary/aromatic N) is 2. The molecule has 0 aliphatic rings. The molecule has 1 aromatic heterocycles. The van der Waals surface area contributed by atoms with Crippen molar-refractivity contribution in [2.75, 3.05) is 0 Å². The first-order valence-electron chi connectivity index (χ1n) is 4.11. The Labute approximate surface area is 109 Å². The van der Waals surface area contributed by atoms with Crippen LogP contribution in [0.15, 0.2) is 32.5 Å². The lowest BCUT2D eigenvalue weighted by atomic mass is 10.2. The fraction of sp³-hybridized carbons (Fsp3) is 0.111. The summed E-state index contributed by atoms with van der Waals surface area (Å²) in [6, 6.07) is 7.83. The first-order chi connectivity index (χ1) is 7.25. The van der Waals surface area contributed by atoms with Gasteiger partial charge in [0.2, 0.25) is 0 Å². The van der Waals surface area contributed by atoms with Gasteiger partial charge in [0, 0.05) is 10.8 Å². The van der Waals surface area contributed by atoms with E-state index in [4.69, 9.17) is 11.6 Å². The maximum atomic E-state index is 6.04. The van der Waals surface area contributed by atoms with E-state index in [1.165, 1.54) is 11.3 Å². The Morgan fingerprint density at radius 3 is 2.80 bits per heavy atom. The highest BCUT2D eigenvalue weighted by molar-refractivity contribution is 9.11.